The van der Waals surface area contributed by atoms with Gasteiger partial charge in [0.05, 0.1) is 22.4 Å². The molecule has 0 fully saturated rings. The molecule has 1 heterocycles. The number of nitrogens with zero attached hydrogens (tertiary/aromatic N) is 2. The van der Waals surface area contributed by atoms with E-state index in [2.05, 4.69) is 10.6 Å². The third kappa shape index (κ3) is 3.28. The largest absolute Gasteiger partial charge is 0.319 e. The average molecular weight is 363 g/mol. The summed E-state index contributed by atoms with van der Waals surface area (Å²) in [6.07, 6.45) is 0. The van der Waals surface area contributed by atoms with E-state index in [0.717, 1.165) is 6.07 Å². The Hall–Kier alpha value is -3.04. The number of amides is 1. The molecule has 1 unspecified atom stereocenters. The van der Waals surface area contributed by atoms with Gasteiger partial charge in [0.1, 0.15) is 5.69 Å². The molecule has 0 saturated carbocycles. The molecule has 1 atom stereocenters. The Morgan fingerprint density at radius 1 is 1.12 bits per heavy atom. The van der Waals surface area contributed by atoms with Gasteiger partial charge in [-0.2, -0.15) is 0 Å². The Balaban J connectivity index is 2.21. The van der Waals surface area contributed by atoms with Crippen LogP contribution >= 0.6 is 11.6 Å². The SMILES string of the molecule is O=C1CNC(c2cccc([N+](=O)[O-])c2)c2cc(Cl)cc([N+](=O)[O-])c2N1. The summed E-state index contributed by atoms with van der Waals surface area (Å²) in [5, 5.41) is 27.9. The van der Waals surface area contributed by atoms with Crippen LogP contribution in [0.15, 0.2) is 36.4 Å². The summed E-state index contributed by atoms with van der Waals surface area (Å²) in [4.78, 5) is 33.1. The van der Waals surface area contributed by atoms with Gasteiger partial charge < -0.3 is 5.32 Å². The fourth-order valence-electron chi connectivity index (χ4n) is 2.72. The zero-order chi connectivity index (χ0) is 18.1. The van der Waals surface area contributed by atoms with Gasteiger partial charge in [-0.15, -0.1) is 0 Å². The van der Waals surface area contributed by atoms with E-state index >= 15 is 0 Å². The number of nitrogens with one attached hydrogen (secondary N) is 2. The first-order valence-electron chi connectivity index (χ1n) is 7.12. The van der Waals surface area contributed by atoms with Gasteiger partial charge in [-0.3, -0.25) is 30.3 Å². The summed E-state index contributed by atoms with van der Waals surface area (Å²) >= 11 is 6.00. The molecule has 0 saturated heterocycles. The number of fused-ring (bicyclic) bond motifs is 1. The predicted molar refractivity (Wildman–Crippen MR) is 89.7 cm³/mol. The van der Waals surface area contributed by atoms with Crippen LogP contribution in [0.2, 0.25) is 5.02 Å². The lowest BCUT2D eigenvalue weighted by molar-refractivity contribution is -0.384. The van der Waals surface area contributed by atoms with Crippen molar-refractivity contribution in [2.75, 3.05) is 11.9 Å². The fraction of sp³-hybridized carbons (Fsp3) is 0.133. The number of halogens is 1. The van der Waals surface area contributed by atoms with Gasteiger partial charge in [-0.05, 0) is 11.6 Å². The van der Waals surface area contributed by atoms with Crippen molar-refractivity contribution in [3.8, 4) is 0 Å². The fourth-order valence-corrected chi connectivity index (χ4v) is 2.95. The topological polar surface area (TPSA) is 127 Å². The van der Waals surface area contributed by atoms with Crippen LogP contribution in [0.3, 0.4) is 0 Å². The van der Waals surface area contributed by atoms with Crippen LogP contribution in [-0.4, -0.2) is 22.3 Å². The van der Waals surface area contributed by atoms with Crippen molar-refractivity contribution in [3.05, 3.63) is 72.8 Å². The summed E-state index contributed by atoms with van der Waals surface area (Å²) < 4.78 is 0. The van der Waals surface area contributed by atoms with E-state index in [1.54, 1.807) is 6.07 Å². The number of carbonyl (C=O) groups is 1. The van der Waals surface area contributed by atoms with Gasteiger partial charge in [0.15, 0.2) is 0 Å². The summed E-state index contributed by atoms with van der Waals surface area (Å²) in [6.45, 7) is -0.114. The summed E-state index contributed by atoms with van der Waals surface area (Å²) in [5.41, 5.74) is 0.422. The number of non-ortho nitro benzene ring substituents is 1. The van der Waals surface area contributed by atoms with E-state index in [1.807, 2.05) is 0 Å². The lowest BCUT2D eigenvalue weighted by Gasteiger charge is -2.18. The molecule has 128 valence electrons. The number of nitro groups is 2. The maximum atomic E-state index is 11.9. The van der Waals surface area contributed by atoms with Gasteiger partial charge >= 0.3 is 0 Å². The van der Waals surface area contributed by atoms with Crippen LogP contribution in [-0.2, 0) is 4.79 Å². The highest BCUT2D eigenvalue weighted by Gasteiger charge is 2.30. The Morgan fingerprint density at radius 2 is 1.88 bits per heavy atom. The van der Waals surface area contributed by atoms with Crippen molar-refractivity contribution in [1.29, 1.82) is 0 Å². The highest BCUT2D eigenvalue weighted by Crippen LogP contribution is 2.39. The Kier molecular flexibility index (Phi) is 4.34. The molecule has 3 rings (SSSR count). The van der Waals surface area contributed by atoms with E-state index in [1.165, 1.54) is 24.3 Å². The van der Waals surface area contributed by atoms with E-state index < -0.39 is 21.8 Å². The highest BCUT2D eigenvalue weighted by molar-refractivity contribution is 6.31. The molecule has 0 radical (unpaired) electrons. The summed E-state index contributed by atoms with van der Waals surface area (Å²) in [5.74, 6) is -0.459. The van der Waals surface area contributed by atoms with Crippen LogP contribution in [0.5, 0.6) is 0 Å². The minimum absolute atomic E-state index is 0.0286. The van der Waals surface area contributed by atoms with Gasteiger partial charge in [0.2, 0.25) is 5.91 Å². The van der Waals surface area contributed by atoms with Crippen LogP contribution < -0.4 is 10.6 Å². The van der Waals surface area contributed by atoms with E-state index in [0.29, 0.717) is 11.1 Å². The molecule has 2 N–H and O–H groups in total. The molecule has 25 heavy (non-hydrogen) atoms. The third-order valence-corrected chi connectivity index (χ3v) is 3.98. The maximum Gasteiger partial charge on any atom is 0.294 e. The summed E-state index contributed by atoms with van der Waals surface area (Å²) in [7, 11) is 0. The normalized spacial score (nSPS) is 16.5. The van der Waals surface area contributed by atoms with Crippen LogP contribution in [0.1, 0.15) is 17.2 Å². The third-order valence-electron chi connectivity index (χ3n) is 3.77. The van der Waals surface area contributed by atoms with Crippen molar-refractivity contribution in [1.82, 2.24) is 5.32 Å². The van der Waals surface area contributed by atoms with Crippen molar-refractivity contribution in [2.45, 2.75) is 6.04 Å². The molecule has 9 nitrogen and oxygen atoms in total. The van der Waals surface area contributed by atoms with Gasteiger partial charge in [0.25, 0.3) is 11.4 Å². The number of carbonyl (C=O) groups excluding carboxylic acids is 1. The Bertz CT molecular complexity index is 901. The lowest BCUT2D eigenvalue weighted by Crippen LogP contribution is -2.27. The number of hydrogen-bond donors (Lipinski definition) is 2. The molecule has 2 aromatic carbocycles. The van der Waals surface area contributed by atoms with Crippen molar-refractivity contribution in [2.24, 2.45) is 0 Å². The molecule has 2 aromatic rings. The number of anilines is 1. The molecule has 0 spiro atoms. The quantitative estimate of drug-likeness (QED) is 0.638. The number of nitro benzene ring substituents is 2. The molecule has 1 amide bonds. The van der Waals surface area contributed by atoms with Crippen molar-refractivity contribution >= 4 is 34.6 Å². The summed E-state index contributed by atoms with van der Waals surface area (Å²) in [6, 6.07) is 7.80. The van der Waals surface area contributed by atoms with Crippen LogP contribution in [0, 0.1) is 20.2 Å². The molecular formula is C15H11ClN4O5. The van der Waals surface area contributed by atoms with Crippen LogP contribution in [0.25, 0.3) is 0 Å². The van der Waals surface area contributed by atoms with E-state index in [-0.39, 0.29) is 28.6 Å². The van der Waals surface area contributed by atoms with E-state index in [4.69, 9.17) is 11.6 Å². The second-order valence-electron chi connectivity index (χ2n) is 5.36. The van der Waals surface area contributed by atoms with Crippen molar-refractivity contribution < 1.29 is 14.6 Å². The number of rotatable bonds is 3. The number of hydrogen-bond acceptors (Lipinski definition) is 6. The Labute approximate surface area is 145 Å². The maximum absolute atomic E-state index is 11.9. The van der Waals surface area contributed by atoms with Gasteiger partial charge in [0, 0.05) is 28.8 Å². The Morgan fingerprint density at radius 3 is 2.56 bits per heavy atom. The van der Waals surface area contributed by atoms with Crippen molar-refractivity contribution in [3.63, 3.8) is 0 Å². The minimum Gasteiger partial charge on any atom is -0.319 e. The van der Waals surface area contributed by atoms with E-state index in [9.17, 15) is 25.0 Å². The van der Waals surface area contributed by atoms with Gasteiger partial charge in [-0.25, -0.2) is 0 Å². The second-order valence-corrected chi connectivity index (χ2v) is 5.80. The average Bonchev–Trinajstić information content (AvgIpc) is 2.72. The second kappa shape index (κ2) is 6.46. The first kappa shape index (κ1) is 16.8. The predicted octanol–water partition coefficient (Wildman–Crippen LogP) is 2.79. The zero-order valence-corrected chi connectivity index (χ0v) is 13.3. The molecule has 0 aromatic heterocycles. The molecule has 1 aliphatic rings. The monoisotopic (exact) mass is 362 g/mol. The first-order chi connectivity index (χ1) is 11.9. The zero-order valence-electron chi connectivity index (χ0n) is 12.6. The highest BCUT2D eigenvalue weighted by atomic mass is 35.5. The standard InChI is InChI=1S/C15H11ClN4O5/c16-9-5-11-14(8-2-1-3-10(4-8)19(22)23)17-7-13(21)18-15(11)12(6-9)20(24)25/h1-6,14,17H,7H2,(H,18,21). The lowest BCUT2D eigenvalue weighted by atomic mass is 9.96. The molecular weight excluding hydrogens is 352 g/mol. The van der Waals surface area contributed by atoms with Gasteiger partial charge in [-0.1, -0.05) is 23.7 Å². The molecule has 1 aliphatic heterocycles. The smallest absolute Gasteiger partial charge is 0.294 e. The van der Waals surface area contributed by atoms with Crippen LogP contribution in [0.4, 0.5) is 17.1 Å². The molecule has 0 bridgehead atoms. The first-order valence-corrected chi connectivity index (χ1v) is 7.50. The minimum atomic E-state index is -0.675. The molecule has 10 heteroatoms. The molecule has 0 aliphatic carbocycles. The number of benzene rings is 2.